The molecule has 4 aromatic rings. The maximum absolute atomic E-state index is 8.91. The van der Waals surface area contributed by atoms with E-state index in [2.05, 4.69) is 52.4 Å². The van der Waals surface area contributed by atoms with E-state index in [1.165, 1.54) is 11.9 Å². The van der Waals surface area contributed by atoms with Crippen molar-refractivity contribution in [2.45, 2.75) is 13.8 Å². The molecule has 0 atom stereocenters. The number of rotatable bonds is 3. The Hall–Kier alpha value is -3.72. The van der Waals surface area contributed by atoms with Crippen LogP contribution in [0.15, 0.2) is 55.0 Å². The zero-order valence-electron chi connectivity index (χ0n) is 14.4. The number of benzene rings is 2. The van der Waals surface area contributed by atoms with Crippen LogP contribution in [0.25, 0.3) is 16.7 Å². The smallest absolute Gasteiger partial charge is 0.168 e. The van der Waals surface area contributed by atoms with Crippen LogP contribution in [-0.4, -0.2) is 19.7 Å². The molecule has 0 amide bonds. The molecule has 2 aromatic heterocycles. The van der Waals surface area contributed by atoms with E-state index in [1.807, 2.05) is 22.9 Å². The normalized spacial score (nSPS) is 10.7. The third kappa shape index (κ3) is 2.76. The second-order valence-electron chi connectivity index (χ2n) is 6.12. The molecule has 0 aliphatic heterocycles. The fourth-order valence-corrected chi connectivity index (χ4v) is 2.93. The van der Waals surface area contributed by atoms with Crippen LogP contribution in [0.5, 0.6) is 0 Å². The highest BCUT2D eigenvalue weighted by Crippen LogP contribution is 2.26. The van der Waals surface area contributed by atoms with E-state index < -0.39 is 0 Å². The second kappa shape index (κ2) is 6.30. The molecule has 1 N–H and O–H groups in total. The first-order valence-electron chi connectivity index (χ1n) is 8.19. The van der Waals surface area contributed by atoms with Gasteiger partial charge in [-0.3, -0.25) is 0 Å². The molecule has 0 fully saturated rings. The monoisotopic (exact) mass is 340 g/mol. The van der Waals surface area contributed by atoms with Crippen LogP contribution >= 0.6 is 0 Å². The minimum absolute atomic E-state index is 0.617. The van der Waals surface area contributed by atoms with Gasteiger partial charge in [-0.25, -0.2) is 14.6 Å². The van der Waals surface area contributed by atoms with Gasteiger partial charge in [0, 0.05) is 5.69 Å². The Morgan fingerprint density at radius 2 is 1.85 bits per heavy atom. The Labute approximate surface area is 150 Å². The summed E-state index contributed by atoms with van der Waals surface area (Å²) in [6, 6.07) is 15.6. The summed E-state index contributed by atoms with van der Waals surface area (Å²) < 4.78 is 1.83. The number of anilines is 2. The number of aryl methyl sites for hydroxylation is 2. The van der Waals surface area contributed by atoms with Crippen LogP contribution in [0.1, 0.15) is 16.7 Å². The molecule has 0 aliphatic rings. The van der Waals surface area contributed by atoms with Gasteiger partial charge in [-0.2, -0.15) is 10.4 Å². The Kier molecular flexibility index (Phi) is 3.82. The lowest BCUT2D eigenvalue weighted by molar-refractivity contribution is 0.886. The van der Waals surface area contributed by atoms with E-state index in [0.717, 1.165) is 28.0 Å². The first-order chi connectivity index (χ1) is 12.7. The summed E-state index contributed by atoms with van der Waals surface area (Å²) in [4.78, 5) is 8.76. The van der Waals surface area contributed by atoms with E-state index in [9.17, 15) is 0 Å². The zero-order chi connectivity index (χ0) is 18.1. The summed E-state index contributed by atoms with van der Waals surface area (Å²) >= 11 is 0. The number of nitriles is 1. The summed E-state index contributed by atoms with van der Waals surface area (Å²) in [5.74, 6) is 0.677. The molecular weight excluding hydrogens is 324 g/mol. The van der Waals surface area contributed by atoms with Gasteiger partial charge in [0.05, 0.1) is 28.9 Å². The SMILES string of the molecule is Cc1ccc(-n2ncc3c(Nc4ccc(C#N)cc4)ncnc32)c(C)c1. The van der Waals surface area contributed by atoms with Crippen molar-refractivity contribution < 1.29 is 0 Å². The predicted octanol–water partition coefficient (Wildman–Crippen LogP) is 4.05. The quantitative estimate of drug-likeness (QED) is 0.609. The van der Waals surface area contributed by atoms with E-state index >= 15 is 0 Å². The van der Waals surface area contributed by atoms with Gasteiger partial charge in [-0.05, 0) is 49.7 Å². The molecule has 0 aliphatic carbocycles. The minimum atomic E-state index is 0.617. The largest absolute Gasteiger partial charge is 0.340 e. The summed E-state index contributed by atoms with van der Waals surface area (Å²) in [5, 5.41) is 17.5. The molecule has 0 unspecified atom stereocenters. The highest BCUT2D eigenvalue weighted by atomic mass is 15.3. The molecule has 0 spiro atoms. The fraction of sp³-hybridized carbons (Fsp3) is 0.100. The van der Waals surface area contributed by atoms with Gasteiger partial charge in [-0.1, -0.05) is 17.7 Å². The molecule has 4 rings (SSSR count). The van der Waals surface area contributed by atoms with E-state index in [-0.39, 0.29) is 0 Å². The van der Waals surface area contributed by atoms with Crippen LogP contribution in [0.2, 0.25) is 0 Å². The molecule has 2 aromatic carbocycles. The molecule has 26 heavy (non-hydrogen) atoms. The van der Waals surface area contributed by atoms with Crippen LogP contribution < -0.4 is 5.32 Å². The molecule has 0 radical (unpaired) electrons. The summed E-state index contributed by atoms with van der Waals surface area (Å²) in [5.41, 5.74) is 5.54. The fourth-order valence-electron chi connectivity index (χ4n) is 2.93. The van der Waals surface area contributed by atoms with Gasteiger partial charge in [0.25, 0.3) is 0 Å². The molecule has 0 saturated heterocycles. The number of fused-ring (bicyclic) bond motifs is 1. The van der Waals surface area contributed by atoms with Crippen molar-refractivity contribution in [3.05, 3.63) is 71.7 Å². The average molecular weight is 340 g/mol. The standard InChI is InChI=1S/C20H16N6/c1-13-3-8-18(14(2)9-13)26-20-17(11-24-26)19(22-12-23-20)25-16-6-4-15(10-21)5-7-16/h3-9,11-12H,1-2H3,(H,22,23,25). The third-order valence-electron chi connectivity index (χ3n) is 4.22. The molecule has 2 heterocycles. The lowest BCUT2D eigenvalue weighted by atomic mass is 10.1. The van der Waals surface area contributed by atoms with Crippen LogP contribution in [0.4, 0.5) is 11.5 Å². The average Bonchev–Trinajstić information content (AvgIpc) is 3.07. The number of nitrogens with zero attached hydrogens (tertiary/aromatic N) is 5. The molecule has 6 nitrogen and oxygen atoms in total. The highest BCUT2D eigenvalue weighted by Gasteiger charge is 2.12. The first-order valence-corrected chi connectivity index (χ1v) is 8.19. The van der Waals surface area contributed by atoms with Crippen molar-refractivity contribution in [1.29, 1.82) is 5.26 Å². The molecular formula is C20H16N6. The van der Waals surface area contributed by atoms with Crippen LogP contribution in [-0.2, 0) is 0 Å². The van der Waals surface area contributed by atoms with E-state index in [0.29, 0.717) is 11.4 Å². The van der Waals surface area contributed by atoms with E-state index in [4.69, 9.17) is 5.26 Å². The number of hydrogen-bond donors (Lipinski definition) is 1. The van der Waals surface area contributed by atoms with Crippen molar-refractivity contribution in [3.8, 4) is 11.8 Å². The summed E-state index contributed by atoms with van der Waals surface area (Å²) in [6.07, 6.45) is 3.29. The Morgan fingerprint density at radius 3 is 2.58 bits per heavy atom. The van der Waals surface area contributed by atoms with Gasteiger partial charge in [0.1, 0.15) is 12.1 Å². The van der Waals surface area contributed by atoms with Gasteiger partial charge in [-0.15, -0.1) is 0 Å². The van der Waals surface area contributed by atoms with Crippen molar-refractivity contribution in [1.82, 2.24) is 19.7 Å². The maximum atomic E-state index is 8.91. The van der Waals surface area contributed by atoms with Crippen LogP contribution in [0.3, 0.4) is 0 Å². The highest BCUT2D eigenvalue weighted by molar-refractivity contribution is 5.89. The van der Waals surface area contributed by atoms with Crippen molar-refractivity contribution in [2.75, 3.05) is 5.32 Å². The first kappa shape index (κ1) is 15.8. The topological polar surface area (TPSA) is 79.4 Å². The predicted molar refractivity (Wildman–Crippen MR) is 101 cm³/mol. The second-order valence-corrected chi connectivity index (χ2v) is 6.12. The number of aromatic nitrogens is 4. The van der Waals surface area contributed by atoms with Gasteiger partial charge in [0.2, 0.25) is 0 Å². The van der Waals surface area contributed by atoms with Gasteiger partial charge >= 0.3 is 0 Å². The Balaban J connectivity index is 1.76. The summed E-state index contributed by atoms with van der Waals surface area (Å²) in [7, 11) is 0. The zero-order valence-corrected chi connectivity index (χ0v) is 14.4. The Bertz CT molecular complexity index is 1140. The van der Waals surface area contributed by atoms with Gasteiger partial charge < -0.3 is 5.32 Å². The van der Waals surface area contributed by atoms with E-state index in [1.54, 1.807) is 18.3 Å². The summed E-state index contributed by atoms with van der Waals surface area (Å²) in [6.45, 7) is 4.13. The van der Waals surface area contributed by atoms with Crippen molar-refractivity contribution in [3.63, 3.8) is 0 Å². The number of nitrogens with one attached hydrogen (secondary N) is 1. The van der Waals surface area contributed by atoms with Crippen molar-refractivity contribution >= 4 is 22.5 Å². The lowest BCUT2D eigenvalue weighted by Crippen LogP contribution is -2.01. The Morgan fingerprint density at radius 1 is 1.04 bits per heavy atom. The van der Waals surface area contributed by atoms with Gasteiger partial charge in [0.15, 0.2) is 5.65 Å². The molecule has 0 bridgehead atoms. The molecule has 6 heteroatoms. The molecule has 126 valence electrons. The van der Waals surface area contributed by atoms with Crippen LogP contribution in [0, 0.1) is 25.2 Å². The molecule has 0 saturated carbocycles. The maximum Gasteiger partial charge on any atom is 0.168 e. The number of hydrogen-bond acceptors (Lipinski definition) is 5. The van der Waals surface area contributed by atoms with Crippen molar-refractivity contribution in [2.24, 2.45) is 0 Å². The lowest BCUT2D eigenvalue weighted by Gasteiger charge is -2.09. The third-order valence-corrected chi connectivity index (χ3v) is 4.22. The minimum Gasteiger partial charge on any atom is -0.340 e.